The number of benzene rings is 1. The lowest BCUT2D eigenvalue weighted by molar-refractivity contribution is -0.254. The molecular formula is C17H12ClN2O3S-. The minimum Gasteiger partial charge on any atom is -0.544 e. The van der Waals surface area contributed by atoms with Crippen molar-refractivity contribution in [1.82, 2.24) is 9.97 Å². The molecule has 0 atom stereocenters. The van der Waals surface area contributed by atoms with Gasteiger partial charge in [0, 0.05) is 0 Å². The monoisotopic (exact) mass is 359 g/mol. The van der Waals surface area contributed by atoms with E-state index in [-0.39, 0.29) is 21.1 Å². The number of thiophene rings is 1. The average molecular weight is 360 g/mol. The summed E-state index contributed by atoms with van der Waals surface area (Å²) in [7, 11) is 0. The van der Waals surface area contributed by atoms with Gasteiger partial charge in [-0.05, 0) is 31.1 Å². The lowest BCUT2D eigenvalue weighted by Gasteiger charge is -2.01. The number of aromatic amines is 1. The highest BCUT2D eigenvalue weighted by Gasteiger charge is 2.15. The first kappa shape index (κ1) is 16.4. The fourth-order valence-electron chi connectivity index (χ4n) is 2.43. The standard InChI is InChI=1S/C17H13ClN2O3S/c1-8-4-3-5-10(6-8)7-11(18)14-19-15(21)12-9(2)13(17(22)23)24-16(12)20-14/h3-7H,1-2H3,(H,22,23)(H,19,20,21)/p-1/b11-7-. The Morgan fingerprint density at radius 3 is 2.79 bits per heavy atom. The predicted molar refractivity (Wildman–Crippen MR) is 94.2 cm³/mol. The summed E-state index contributed by atoms with van der Waals surface area (Å²) >= 11 is 7.19. The molecule has 0 radical (unpaired) electrons. The number of H-pyrrole nitrogens is 1. The normalized spacial score (nSPS) is 11.9. The molecule has 0 unspecified atom stereocenters. The highest BCUT2D eigenvalue weighted by molar-refractivity contribution is 7.20. The lowest BCUT2D eigenvalue weighted by Crippen LogP contribution is -2.21. The molecule has 0 fully saturated rings. The van der Waals surface area contributed by atoms with E-state index in [2.05, 4.69) is 9.97 Å². The Balaban J connectivity index is 2.14. The second-order valence-corrected chi connectivity index (χ2v) is 6.75. The number of aryl methyl sites for hydroxylation is 2. The molecule has 2 aromatic heterocycles. The van der Waals surface area contributed by atoms with Crippen LogP contribution in [0.1, 0.15) is 32.2 Å². The second kappa shape index (κ2) is 6.22. The molecule has 0 spiro atoms. The topological polar surface area (TPSA) is 85.9 Å². The van der Waals surface area contributed by atoms with Crippen LogP contribution < -0.4 is 10.7 Å². The van der Waals surface area contributed by atoms with Crippen LogP contribution in [0.2, 0.25) is 0 Å². The average Bonchev–Trinajstić information content (AvgIpc) is 2.85. The summed E-state index contributed by atoms with van der Waals surface area (Å²) in [6.45, 7) is 3.53. The van der Waals surface area contributed by atoms with Gasteiger partial charge in [0.15, 0.2) is 5.82 Å². The molecular weight excluding hydrogens is 348 g/mol. The molecule has 2 heterocycles. The van der Waals surface area contributed by atoms with Gasteiger partial charge in [0.25, 0.3) is 5.56 Å². The molecule has 0 bridgehead atoms. The third-order valence-electron chi connectivity index (χ3n) is 3.55. The van der Waals surface area contributed by atoms with Crippen molar-refractivity contribution in [2.75, 3.05) is 0 Å². The van der Waals surface area contributed by atoms with Gasteiger partial charge >= 0.3 is 0 Å². The highest BCUT2D eigenvalue weighted by Crippen LogP contribution is 2.28. The van der Waals surface area contributed by atoms with Crippen molar-refractivity contribution in [3.63, 3.8) is 0 Å². The number of halogens is 1. The molecule has 122 valence electrons. The van der Waals surface area contributed by atoms with Gasteiger partial charge in [-0.1, -0.05) is 41.4 Å². The van der Waals surface area contributed by atoms with Crippen molar-refractivity contribution >= 4 is 50.2 Å². The number of nitrogens with one attached hydrogen (secondary N) is 1. The van der Waals surface area contributed by atoms with E-state index >= 15 is 0 Å². The van der Waals surface area contributed by atoms with Crippen LogP contribution in [0.5, 0.6) is 0 Å². The van der Waals surface area contributed by atoms with E-state index in [9.17, 15) is 14.7 Å². The van der Waals surface area contributed by atoms with Gasteiger partial charge in [-0.25, -0.2) is 4.98 Å². The SMILES string of the molecule is Cc1cccc(/C=C(\Cl)c2nc3sc(C(=O)[O-])c(C)c3c(=O)[nH]2)c1. The number of rotatable bonds is 3. The molecule has 0 aliphatic heterocycles. The third kappa shape index (κ3) is 2.98. The van der Waals surface area contributed by atoms with E-state index < -0.39 is 11.5 Å². The van der Waals surface area contributed by atoms with Gasteiger partial charge in [0.1, 0.15) is 4.83 Å². The molecule has 1 aromatic carbocycles. The number of carbonyl (C=O) groups excluding carboxylic acids is 1. The first-order valence-electron chi connectivity index (χ1n) is 7.06. The minimum atomic E-state index is -1.32. The number of hydrogen-bond donors (Lipinski definition) is 1. The first-order chi connectivity index (χ1) is 11.4. The summed E-state index contributed by atoms with van der Waals surface area (Å²) in [6.07, 6.45) is 1.69. The summed E-state index contributed by atoms with van der Waals surface area (Å²) < 4.78 is 0. The fraction of sp³-hybridized carbons (Fsp3) is 0.118. The van der Waals surface area contributed by atoms with Gasteiger partial charge in [-0.2, -0.15) is 0 Å². The highest BCUT2D eigenvalue weighted by atomic mass is 35.5. The smallest absolute Gasteiger partial charge is 0.260 e. The number of hydrogen-bond acceptors (Lipinski definition) is 5. The maximum Gasteiger partial charge on any atom is 0.260 e. The molecule has 0 saturated carbocycles. The van der Waals surface area contributed by atoms with E-state index in [0.717, 1.165) is 22.5 Å². The Labute approximate surface area is 146 Å². The van der Waals surface area contributed by atoms with Crippen molar-refractivity contribution in [2.24, 2.45) is 0 Å². The van der Waals surface area contributed by atoms with Gasteiger partial charge in [-0.3, -0.25) is 4.79 Å². The zero-order chi connectivity index (χ0) is 17.4. The number of aromatic nitrogens is 2. The van der Waals surface area contributed by atoms with Crippen molar-refractivity contribution in [2.45, 2.75) is 13.8 Å². The van der Waals surface area contributed by atoms with Crippen LogP contribution >= 0.6 is 22.9 Å². The van der Waals surface area contributed by atoms with Crippen molar-refractivity contribution in [1.29, 1.82) is 0 Å². The Morgan fingerprint density at radius 1 is 1.38 bits per heavy atom. The molecule has 0 aliphatic rings. The molecule has 1 N–H and O–H groups in total. The Hall–Kier alpha value is -2.44. The molecule has 7 heteroatoms. The van der Waals surface area contributed by atoms with Crippen molar-refractivity contribution in [3.8, 4) is 0 Å². The number of aromatic carboxylic acids is 1. The van der Waals surface area contributed by atoms with E-state index in [0.29, 0.717) is 10.4 Å². The Morgan fingerprint density at radius 2 is 2.12 bits per heavy atom. The quantitative estimate of drug-likeness (QED) is 0.779. The minimum absolute atomic E-state index is 0.000985. The maximum absolute atomic E-state index is 12.3. The number of carbonyl (C=O) groups is 1. The zero-order valence-electron chi connectivity index (χ0n) is 12.8. The third-order valence-corrected chi connectivity index (χ3v) is 5.00. The molecule has 5 nitrogen and oxygen atoms in total. The van der Waals surface area contributed by atoms with Gasteiger partial charge in [-0.15, -0.1) is 11.3 Å². The summed E-state index contributed by atoms with van der Waals surface area (Å²) in [5, 5.41) is 11.6. The Bertz CT molecular complexity index is 1050. The first-order valence-corrected chi connectivity index (χ1v) is 8.25. The van der Waals surface area contributed by atoms with Crippen LogP contribution in [0, 0.1) is 13.8 Å². The lowest BCUT2D eigenvalue weighted by atomic mass is 10.1. The predicted octanol–water partition coefficient (Wildman–Crippen LogP) is 2.70. The molecule has 0 aliphatic carbocycles. The molecule has 24 heavy (non-hydrogen) atoms. The number of carboxylic acids is 1. The Kier molecular flexibility index (Phi) is 4.26. The number of nitrogens with zero attached hydrogens (tertiary/aromatic N) is 1. The second-order valence-electron chi connectivity index (χ2n) is 5.34. The van der Waals surface area contributed by atoms with Gasteiger partial charge in [0.2, 0.25) is 0 Å². The van der Waals surface area contributed by atoms with Gasteiger partial charge in [0.05, 0.1) is 21.3 Å². The van der Waals surface area contributed by atoms with E-state index in [4.69, 9.17) is 11.6 Å². The van der Waals surface area contributed by atoms with Crippen LogP contribution in [0.4, 0.5) is 0 Å². The van der Waals surface area contributed by atoms with E-state index in [1.54, 1.807) is 13.0 Å². The van der Waals surface area contributed by atoms with Crippen LogP contribution in [-0.4, -0.2) is 15.9 Å². The number of carboxylic acid groups (broad SMARTS) is 1. The summed E-state index contributed by atoms with van der Waals surface area (Å²) in [4.78, 5) is 30.6. The molecule has 0 saturated heterocycles. The number of fused-ring (bicyclic) bond motifs is 1. The van der Waals surface area contributed by atoms with Gasteiger partial charge < -0.3 is 14.9 Å². The van der Waals surface area contributed by atoms with Crippen molar-refractivity contribution in [3.05, 3.63) is 62.0 Å². The maximum atomic E-state index is 12.3. The van der Waals surface area contributed by atoms with E-state index in [1.807, 2.05) is 31.2 Å². The summed E-state index contributed by atoms with van der Waals surface area (Å²) in [5.41, 5.74) is 1.89. The van der Waals surface area contributed by atoms with Crippen LogP contribution in [0.3, 0.4) is 0 Å². The summed E-state index contributed by atoms with van der Waals surface area (Å²) in [5.74, 6) is -1.13. The molecule has 3 rings (SSSR count). The van der Waals surface area contributed by atoms with Crippen LogP contribution in [0.25, 0.3) is 21.3 Å². The van der Waals surface area contributed by atoms with Crippen LogP contribution in [0.15, 0.2) is 29.1 Å². The van der Waals surface area contributed by atoms with E-state index in [1.165, 1.54) is 0 Å². The molecule has 3 aromatic rings. The largest absolute Gasteiger partial charge is 0.544 e. The van der Waals surface area contributed by atoms with Crippen molar-refractivity contribution < 1.29 is 9.90 Å². The van der Waals surface area contributed by atoms with Crippen LogP contribution in [-0.2, 0) is 0 Å². The zero-order valence-corrected chi connectivity index (χ0v) is 14.4. The fourth-order valence-corrected chi connectivity index (χ4v) is 3.66. The molecule has 0 amide bonds. The summed E-state index contributed by atoms with van der Waals surface area (Å²) in [6, 6.07) is 7.70.